The van der Waals surface area contributed by atoms with Gasteiger partial charge in [0.15, 0.2) is 0 Å². The van der Waals surface area contributed by atoms with E-state index in [0.717, 1.165) is 0 Å². The molecule has 0 radical (unpaired) electrons. The number of pyridine rings is 1. The number of aromatic nitrogens is 1. The first-order chi connectivity index (χ1) is 8.38. The second kappa shape index (κ2) is 3.16. The van der Waals surface area contributed by atoms with Gasteiger partial charge in [-0.05, 0) is 31.4 Å². The van der Waals surface area contributed by atoms with Crippen molar-refractivity contribution in [2.24, 2.45) is 5.41 Å². The zero-order chi connectivity index (χ0) is 13.0. The molecule has 2 bridgehead atoms. The predicted molar refractivity (Wildman–Crippen MR) is 57.6 cm³/mol. The summed E-state index contributed by atoms with van der Waals surface area (Å²) in [5, 5.41) is 11.7. The molecule has 0 amide bonds. The van der Waals surface area contributed by atoms with E-state index in [9.17, 15) is 13.2 Å². The van der Waals surface area contributed by atoms with Gasteiger partial charge in [0.25, 0.3) is 0 Å². The van der Waals surface area contributed by atoms with E-state index in [4.69, 9.17) is 5.26 Å². The summed E-state index contributed by atoms with van der Waals surface area (Å²) in [5.74, 6) is 0.532. The third-order valence-corrected chi connectivity index (χ3v) is 3.92. The van der Waals surface area contributed by atoms with E-state index in [-0.39, 0.29) is 19.3 Å². The molecule has 1 aromatic rings. The summed E-state index contributed by atoms with van der Waals surface area (Å²) in [6, 6.07) is 5.16. The normalized spacial score (nSPS) is 33.0. The highest BCUT2D eigenvalue weighted by Gasteiger charge is 2.78. The number of halogens is 3. The van der Waals surface area contributed by atoms with E-state index >= 15 is 0 Å². The average molecular weight is 253 g/mol. The third kappa shape index (κ3) is 1.40. The lowest BCUT2D eigenvalue weighted by Gasteiger charge is -2.70. The zero-order valence-electron chi connectivity index (χ0n) is 9.38. The number of nitriles is 1. The fourth-order valence-electron chi connectivity index (χ4n) is 3.03. The van der Waals surface area contributed by atoms with E-state index in [0.29, 0.717) is 11.4 Å². The Hall–Kier alpha value is -1.77. The van der Waals surface area contributed by atoms with Crippen LogP contribution in [0, 0.1) is 16.7 Å². The summed E-state index contributed by atoms with van der Waals surface area (Å²) in [6.45, 7) is 0. The van der Waals surface area contributed by atoms with Crippen molar-refractivity contribution in [3.05, 3.63) is 23.9 Å². The summed E-state index contributed by atoms with van der Waals surface area (Å²) in [5.41, 5.74) is -1.45. The molecule has 4 rings (SSSR count). The molecule has 0 atom stereocenters. The van der Waals surface area contributed by atoms with Crippen LogP contribution in [0.25, 0.3) is 0 Å². The first kappa shape index (κ1) is 11.3. The van der Waals surface area contributed by atoms with Crippen LogP contribution in [0.5, 0.6) is 0 Å². The van der Waals surface area contributed by atoms with Gasteiger partial charge in [0.05, 0.1) is 11.0 Å². The van der Waals surface area contributed by atoms with Gasteiger partial charge in [0.1, 0.15) is 11.9 Å². The number of anilines is 1. The molecule has 0 spiro atoms. The second-order valence-corrected chi connectivity index (χ2v) is 5.26. The standard InChI is InChI=1S/C12H10F3N3/c13-12(14,15)10-5-11(6-10,7-10)18-9-2-1-8(3-16)4-17-9/h1-2,4H,5-7H2,(H,17,18). The predicted octanol–water partition coefficient (Wildman–Crippen LogP) is 2.85. The van der Waals surface area contributed by atoms with Crippen LogP contribution in [-0.2, 0) is 0 Å². The Kier molecular flexibility index (Phi) is 1.99. The third-order valence-electron chi connectivity index (χ3n) is 3.92. The highest BCUT2D eigenvalue weighted by atomic mass is 19.4. The first-order valence-electron chi connectivity index (χ1n) is 5.59. The maximum Gasteiger partial charge on any atom is 0.394 e. The molecule has 3 saturated carbocycles. The molecule has 94 valence electrons. The zero-order valence-corrected chi connectivity index (χ0v) is 9.38. The molecule has 3 fully saturated rings. The van der Waals surface area contributed by atoms with E-state index in [2.05, 4.69) is 10.3 Å². The molecule has 0 saturated heterocycles. The van der Waals surface area contributed by atoms with E-state index in [1.807, 2.05) is 6.07 Å². The van der Waals surface area contributed by atoms with Crippen molar-refractivity contribution in [1.29, 1.82) is 5.26 Å². The quantitative estimate of drug-likeness (QED) is 0.881. The number of hydrogen-bond acceptors (Lipinski definition) is 3. The Labute approximate surface area is 102 Å². The van der Waals surface area contributed by atoms with Crippen molar-refractivity contribution in [3.8, 4) is 6.07 Å². The lowest BCUT2D eigenvalue weighted by atomic mass is 9.39. The SMILES string of the molecule is N#Cc1ccc(NC23CC(C(F)(F)F)(C2)C3)nc1. The molecule has 3 aliphatic carbocycles. The van der Waals surface area contributed by atoms with Gasteiger partial charge in [-0.2, -0.15) is 18.4 Å². The second-order valence-electron chi connectivity index (χ2n) is 5.26. The lowest BCUT2D eigenvalue weighted by Crippen LogP contribution is -2.75. The smallest absolute Gasteiger partial charge is 0.365 e. The molecular weight excluding hydrogens is 243 g/mol. The van der Waals surface area contributed by atoms with E-state index < -0.39 is 17.1 Å². The molecule has 1 N–H and O–H groups in total. The largest absolute Gasteiger partial charge is 0.394 e. The van der Waals surface area contributed by atoms with Gasteiger partial charge in [-0.25, -0.2) is 4.98 Å². The minimum Gasteiger partial charge on any atom is -0.365 e. The minimum absolute atomic E-state index is 0.130. The minimum atomic E-state index is -4.09. The van der Waals surface area contributed by atoms with Crippen molar-refractivity contribution in [2.75, 3.05) is 5.32 Å². The molecule has 0 unspecified atom stereocenters. The van der Waals surface area contributed by atoms with Gasteiger partial charge in [-0.3, -0.25) is 0 Å². The highest BCUT2D eigenvalue weighted by molar-refractivity contribution is 5.46. The van der Waals surface area contributed by atoms with Gasteiger partial charge >= 0.3 is 6.18 Å². The molecule has 18 heavy (non-hydrogen) atoms. The number of alkyl halides is 3. The van der Waals surface area contributed by atoms with Crippen molar-refractivity contribution >= 4 is 5.82 Å². The number of nitrogens with one attached hydrogen (secondary N) is 1. The number of nitrogens with zero attached hydrogens (tertiary/aromatic N) is 2. The molecule has 1 aromatic heterocycles. The van der Waals surface area contributed by atoms with Crippen LogP contribution in [-0.4, -0.2) is 16.7 Å². The topological polar surface area (TPSA) is 48.7 Å². The Balaban J connectivity index is 1.66. The summed E-state index contributed by atoms with van der Waals surface area (Å²) >= 11 is 0. The molecule has 0 aromatic carbocycles. The molecule has 3 aliphatic rings. The Bertz CT molecular complexity index is 507. The Morgan fingerprint density at radius 2 is 1.94 bits per heavy atom. The van der Waals surface area contributed by atoms with E-state index in [1.54, 1.807) is 12.1 Å². The van der Waals surface area contributed by atoms with Crippen LogP contribution in [0.2, 0.25) is 0 Å². The van der Waals surface area contributed by atoms with Gasteiger partial charge in [-0.1, -0.05) is 0 Å². The Morgan fingerprint density at radius 3 is 2.39 bits per heavy atom. The Morgan fingerprint density at radius 1 is 1.28 bits per heavy atom. The summed E-state index contributed by atoms with van der Waals surface area (Å²) in [4.78, 5) is 4.01. The van der Waals surface area contributed by atoms with Gasteiger partial charge in [0, 0.05) is 11.7 Å². The van der Waals surface area contributed by atoms with Crippen LogP contribution in [0.15, 0.2) is 18.3 Å². The van der Waals surface area contributed by atoms with Crippen LogP contribution in [0.3, 0.4) is 0 Å². The number of rotatable bonds is 2. The van der Waals surface area contributed by atoms with Crippen LogP contribution in [0.1, 0.15) is 24.8 Å². The summed E-state index contributed by atoms with van der Waals surface area (Å²) in [6.07, 6.45) is -2.29. The molecule has 0 aliphatic heterocycles. The van der Waals surface area contributed by atoms with Crippen molar-refractivity contribution in [1.82, 2.24) is 4.98 Å². The summed E-state index contributed by atoms with van der Waals surface area (Å²) < 4.78 is 38.0. The van der Waals surface area contributed by atoms with Crippen molar-refractivity contribution in [3.63, 3.8) is 0 Å². The molecule has 6 heteroatoms. The van der Waals surface area contributed by atoms with Crippen molar-refractivity contribution in [2.45, 2.75) is 31.0 Å². The maximum absolute atomic E-state index is 12.7. The fourth-order valence-corrected chi connectivity index (χ4v) is 3.03. The van der Waals surface area contributed by atoms with Crippen LogP contribution in [0.4, 0.5) is 19.0 Å². The van der Waals surface area contributed by atoms with Crippen molar-refractivity contribution < 1.29 is 13.2 Å². The van der Waals surface area contributed by atoms with Gasteiger partial charge in [-0.15, -0.1) is 0 Å². The molecule has 3 nitrogen and oxygen atoms in total. The molecular formula is C12H10F3N3. The molecule has 1 heterocycles. The van der Waals surface area contributed by atoms with Crippen LogP contribution < -0.4 is 5.32 Å². The maximum atomic E-state index is 12.7. The number of hydrogen-bond donors (Lipinski definition) is 1. The first-order valence-corrected chi connectivity index (χ1v) is 5.59. The summed E-state index contributed by atoms with van der Waals surface area (Å²) in [7, 11) is 0. The lowest BCUT2D eigenvalue weighted by molar-refractivity contribution is -0.327. The van der Waals surface area contributed by atoms with Gasteiger partial charge in [0.2, 0.25) is 0 Å². The van der Waals surface area contributed by atoms with Gasteiger partial charge < -0.3 is 5.32 Å². The highest BCUT2D eigenvalue weighted by Crippen LogP contribution is 2.74. The average Bonchev–Trinajstić information content (AvgIpc) is 2.20. The van der Waals surface area contributed by atoms with Crippen LogP contribution >= 0.6 is 0 Å². The monoisotopic (exact) mass is 253 g/mol. The van der Waals surface area contributed by atoms with E-state index in [1.165, 1.54) is 6.20 Å². The fraction of sp³-hybridized carbons (Fsp3) is 0.500.